The fourth-order valence-corrected chi connectivity index (χ4v) is 3.66. The monoisotopic (exact) mass is 316 g/mol. The lowest BCUT2D eigenvalue weighted by Crippen LogP contribution is -2.33. The van der Waals surface area contributed by atoms with Gasteiger partial charge in [-0.1, -0.05) is 19.1 Å². The number of carbonyl (C=O) groups is 1. The molecule has 1 heterocycles. The number of hydrogen-bond donors (Lipinski definition) is 2. The Morgan fingerprint density at radius 2 is 2.17 bits per heavy atom. The highest BCUT2D eigenvalue weighted by Crippen LogP contribution is 2.58. The first-order valence-corrected chi connectivity index (χ1v) is 8.85. The van der Waals surface area contributed by atoms with Crippen LogP contribution in [0.25, 0.3) is 0 Å². The maximum Gasteiger partial charge on any atom is 0.223 e. The molecule has 1 spiro atoms. The van der Waals surface area contributed by atoms with Gasteiger partial charge in [0.2, 0.25) is 5.91 Å². The molecule has 0 aromatic heterocycles. The molecule has 0 radical (unpaired) electrons. The predicted molar refractivity (Wildman–Crippen MR) is 91.5 cm³/mol. The normalized spacial score (nSPS) is 21.9. The molecular formula is C19H28N2O2. The summed E-state index contributed by atoms with van der Waals surface area (Å²) in [6, 6.07) is 6.20. The number of benzene rings is 1. The predicted octanol–water partition coefficient (Wildman–Crippen LogP) is 2.79. The van der Waals surface area contributed by atoms with Gasteiger partial charge >= 0.3 is 0 Å². The topological polar surface area (TPSA) is 50.4 Å². The largest absolute Gasteiger partial charge is 0.493 e. The summed E-state index contributed by atoms with van der Waals surface area (Å²) >= 11 is 0. The average Bonchev–Trinajstić information content (AvgIpc) is 3.25. The fourth-order valence-electron chi connectivity index (χ4n) is 3.66. The fraction of sp³-hybridized carbons (Fsp3) is 0.632. The first-order valence-electron chi connectivity index (χ1n) is 8.85. The molecule has 0 bridgehead atoms. The summed E-state index contributed by atoms with van der Waals surface area (Å²) in [6.07, 6.45) is 4.33. The van der Waals surface area contributed by atoms with Gasteiger partial charge in [0.05, 0.1) is 6.61 Å². The second-order valence-corrected chi connectivity index (χ2v) is 7.05. The van der Waals surface area contributed by atoms with E-state index < -0.39 is 0 Å². The van der Waals surface area contributed by atoms with E-state index in [0.717, 1.165) is 50.1 Å². The van der Waals surface area contributed by atoms with E-state index in [1.54, 1.807) is 0 Å². The van der Waals surface area contributed by atoms with Crippen LogP contribution in [0.5, 0.6) is 5.75 Å². The van der Waals surface area contributed by atoms with Crippen LogP contribution >= 0.6 is 0 Å². The van der Waals surface area contributed by atoms with E-state index in [1.807, 2.05) is 0 Å². The maximum absolute atomic E-state index is 12.5. The van der Waals surface area contributed by atoms with E-state index in [2.05, 4.69) is 42.7 Å². The van der Waals surface area contributed by atoms with Gasteiger partial charge in [0.1, 0.15) is 5.75 Å². The smallest absolute Gasteiger partial charge is 0.223 e. The Hall–Kier alpha value is -1.55. The molecule has 126 valence electrons. The first kappa shape index (κ1) is 16.3. The van der Waals surface area contributed by atoms with Gasteiger partial charge in [-0.25, -0.2) is 0 Å². The maximum atomic E-state index is 12.5. The average molecular weight is 316 g/mol. The minimum Gasteiger partial charge on any atom is -0.493 e. The number of carbonyl (C=O) groups excluding carboxylic acids is 1. The number of aryl methyl sites for hydroxylation is 1. The highest BCUT2D eigenvalue weighted by atomic mass is 16.5. The molecule has 1 amide bonds. The molecule has 1 aliphatic carbocycles. The van der Waals surface area contributed by atoms with Crippen molar-refractivity contribution in [3.05, 3.63) is 29.3 Å². The van der Waals surface area contributed by atoms with Gasteiger partial charge < -0.3 is 15.4 Å². The third-order valence-electron chi connectivity index (χ3n) is 5.24. The van der Waals surface area contributed by atoms with Crippen LogP contribution in [0, 0.1) is 18.3 Å². The minimum atomic E-state index is 0.217. The van der Waals surface area contributed by atoms with Crippen molar-refractivity contribution in [1.82, 2.24) is 10.6 Å². The number of nitrogens with one attached hydrogen (secondary N) is 2. The zero-order chi connectivity index (χ0) is 16.3. The van der Waals surface area contributed by atoms with Crippen LogP contribution in [-0.4, -0.2) is 25.6 Å². The van der Waals surface area contributed by atoms with Gasteiger partial charge in [0.25, 0.3) is 0 Å². The van der Waals surface area contributed by atoms with Crippen LogP contribution in [0.3, 0.4) is 0 Å². The van der Waals surface area contributed by atoms with Crippen molar-refractivity contribution in [2.24, 2.45) is 11.3 Å². The highest BCUT2D eigenvalue weighted by Gasteiger charge is 2.57. The third-order valence-corrected chi connectivity index (χ3v) is 5.24. The summed E-state index contributed by atoms with van der Waals surface area (Å²) in [5, 5.41) is 6.51. The van der Waals surface area contributed by atoms with Crippen molar-refractivity contribution in [1.29, 1.82) is 0 Å². The van der Waals surface area contributed by atoms with Crippen LogP contribution in [-0.2, 0) is 11.3 Å². The minimum absolute atomic E-state index is 0.217. The Labute approximate surface area is 139 Å². The van der Waals surface area contributed by atoms with E-state index in [4.69, 9.17) is 4.74 Å². The summed E-state index contributed by atoms with van der Waals surface area (Å²) < 4.78 is 5.83. The van der Waals surface area contributed by atoms with Crippen molar-refractivity contribution in [3.8, 4) is 5.75 Å². The standard InChI is InChI=1S/C19H28N2O2/c1-3-10-23-17-11-14(2)4-5-15(17)13-21-18(22)16-12-19(16)6-8-20-9-7-19/h4-5,11,16,20H,3,6-10,12-13H2,1-2H3,(H,21,22). The van der Waals surface area contributed by atoms with Crippen LogP contribution in [0.1, 0.15) is 43.7 Å². The van der Waals surface area contributed by atoms with Crippen LogP contribution < -0.4 is 15.4 Å². The molecule has 3 rings (SSSR count). The summed E-state index contributed by atoms with van der Waals surface area (Å²) in [5.41, 5.74) is 2.55. The van der Waals surface area contributed by atoms with Crippen LogP contribution in [0.4, 0.5) is 0 Å². The second kappa shape index (κ2) is 6.91. The van der Waals surface area contributed by atoms with E-state index >= 15 is 0 Å². The highest BCUT2D eigenvalue weighted by molar-refractivity contribution is 5.82. The Bertz CT molecular complexity index is 564. The van der Waals surface area contributed by atoms with Gasteiger partial charge in [-0.15, -0.1) is 0 Å². The lowest BCUT2D eigenvalue weighted by molar-refractivity contribution is -0.123. The molecule has 2 fully saturated rings. The lowest BCUT2D eigenvalue weighted by atomic mass is 9.92. The Morgan fingerprint density at radius 3 is 2.91 bits per heavy atom. The van der Waals surface area contributed by atoms with E-state index in [-0.39, 0.29) is 11.8 Å². The Morgan fingerprint density at radius 1 is 1.39 bits per heavy atom. The number of hydrogen-bond acceptors (Lipinski definition) is 3. The second-order valence-electron chi connectivity index (χ2n) is 7.05. The summed E-state index contributed by atoms with van der Waals surface area (Å²) in [6.45, 7) is 7.54. The number of piperidine rings is 1. The Balaban J connectivity index is 1.57. The summed E-state index contributed by atoms with van der Waals surface area (Å²) in [4.78, 5) is 12.5. The first-order chi connectivity index (χ1) is 11.1. The molecule has 1 unspecified atom stereocenters. The molecule has 1 saturated carbocycles. The molecular weight excluding hydrogens is 288 g/mol. The molecule has 4 nitrogen and oxygen atoms in total. The molecule has 1 saturated heterocycles. The van der Waals surface area contributed by atoms with Crippen molar-refractivity contribution in [2.45, 2.75) is 46.1 Å². The van der Waals surface area contributed by atoms with Gasteiger partial charge in [-0.05, 0) is 62.7 Å². The van der Waals surface area contributed by atoms with E-state index in [1.165, 1.54) is 5.56 Å². The van der Waals surface area contributed by atoms with E-state index in [0.29, 0.717) is 18.6 Å². The number of rotatable bonds is 6. The van der Waals surface area contributed by atoms with E-state index in [9.17, 15) is 4.79 Å². The van der Waals surface area contributed by atoms with Crippen molar-refractivity contribution < 1.29 is 9.53 Å². The zero-order valence-electron chi connectivity index (χ0n) is 14.3. The van der Waals surface area contributed by atoms with Crippen LogP contribution in [0.15, 0.2) is 18.2 Å². The van der Waals surface area contributed by atoms with Crippen molar-refractivity contribution in [2.75, 3.05) is 19.7 Å². The number of amides is 1. The zero-order valence-corrected chi connectivity index (χ0v) is 14.3. The molecule has 1 aliphatic heterocycles. The van der Waals surface area contributed by atoms with Crippen molar-refractivity contribution in [3.63, 3.8) is 0 Å². The molecule has 23 heavy (non-hydrogen) atoms. The third kappa shape index (κ3) is 3.69. The quantitative estimate of drug-likeness (QED) is 0.848. The van der Waals surface area contributed by atoms with Gasteiger partial charge in [0.15, 0.2) is 0 Å². The molecule has 2 N–H and O–H groups in total. The molecule has 1 aromatic rings. The number of ether oxygens (including phenoxy) is 1. The Kier molecular flexibility index (Phi) is 4.90. The molecule has 1 aromatic carbocycles. The van der Waals surface area contributed by atoms with Gasteiger partial charge in [-0.2, -0.15) is 0 Å². The molecule has 2 aliphatic rings. The SMILES string of the molecule is CCCOc1cc(C)ccc1CNC(=O)C1CC12CCNCC2. The summed E-state index contributed by atoms with van der Waals surface area (Å²) in [5.74, 6) is 1.34. The summed E-state index contributed by atoms with van der Waals surface area (Å²) in [7, 11) is 0. The van der Waals surface area contributed by atoms with Crippen LogP contribution in [0.2, 0.25) is 0 Å². The lowest BCUT2D eigenvalue weighted by Gasteiger charge is -2.23. The molecule has 4 heteroatoms. The van der Waals surface area contributed by atoms with Crippen molar-refractivity contribution >= 4 is 5.91 Å². The molecule has 1 atom stereocenters. The van der Waals surface area contributed by atoms with Gasteiger partial charge in [0, 0.05) is 18.0 Å². The van der Waals surface area contributed by atoms with Gasteiger partial charge in [-0.3, -0.25) is 4.79 Å².